The molecule has 2 aromatic heterocycles. The number of halogens is 1. The Morgan fingerprint density at radius 3 is 2.58 bits per heavy atom. The van der Waals surface area contributed by atoms with Crippen LogP contribution < -0.4 is 5.32 Å². The van der Waals surface area contributed by atoms with E-state index in [4.69, 9.17) is 16.1 Å². The van der Waals surface area contributed by atoms with Gasteiger partial charge in [-0.05, 0) is 56.4 Å². The Morgan fingerprint density at radius 1 is 1.32 bits per heavy atom. The van der Waals surface area contributed by atoms with E-state index >= 15 is 0 Å². The number of aryl methyl sites for hydroxylation is 2. The van der Waals surface area contributed by atoms with Crippen molar-refractivity contribution in [2.45, 2.75) is 65.8 Å². The number of nitrogens with one attached hydrogen (secondary N) is 1. The van der Waals surface area contributed by atoms with Crippen LogP contribution in [0.3, 0.4) is 0 Å². The van der Waals surface area contributed by atoms with Crippen molar-refractivity contribution in [3.05, 3.63) is 22.5 Å². The number of hydrogen-bond donors (Lipinski definition) is 1. The maximum Gasteiger partial charge on any atom is 0.259 e. The van der Waals surface area contributed by atoms with E-state index in [1.165, 1.54) is 23.9 Å². The van der Waals surface area contributed by atoms with Crippen molar-refractivity contribution in [1.82, 2.24) is 25.2 Å². The summed E-state index contributed by atoms with van der Waals surface area (Å²) in [6.45, 7) is 11.3. The molecule has 170 valence electrons. The van der Waals surface area contributed by atoms with Crippen LogP contribution in [-0.4, -0.2) is 51.4 Å². The molecule has 31 heavy (non-hydrogen) atoms. The van der Waals surface area contributed by atoms with Gasteiger partial charge >= 0.3 is 0 Å². The number of piperidine rings is 1. The minimum Gasteiger partial charge on any atom is -0.361 e. The molecule has 0 radical (unpaired) electrons. The highest BCUT2D eigenvalue weighted by atomic mass is 35.5. The van der Waals surface area contributed by atoms with Gasteiger partial charge in [-0.15, -0.1) is 0 Å². The predicted molar refractivity (Wildman–Crippen MR) is 121 cm³/mol. The lowest BCUT2D eigenvalue weighted by Crippen LogP contribution is -2.54. The summed E-state index contributed by atoms with van der Waals surface area (Å²) in [5.41, 5.74) is 2.21. The first-order chi connectivity index (χ1) is 14.6. The van der Waals surface area contributed by atoms with Crippen molar-refractivity contribution in [2.24, 2.45) is 17.9 Å². The molecule has 1 saturated heterocycles. The second-order valence-corrected chi connectivity index (χ2v) is 11.0. The first kappa shape index (κ1) is 22.3. The van der Waals surface area contributed by atoms with Crippen molar-refractivity contribution in [2.75, 3.05) is 19.6 Å². The van der Waals surface area contributed by atoms with Crippen LogP contribution in [0.25, 0.3) is 11.4 Å². The van der Waals surface area contributed by atoms with E-state index in [1.54, 1.807) is 13.1 Å². The lowest BCUT2D eigenvalue weighted by molar-refractivity contribution is 0.00746. The molecule has 2 aliphatic rings. The summed E-state index contributed by atoms with van der Waals surface area (Å²) in [7, 11) is 1.74. The molecular formula is C23H34ClN5O2. The quantitative estimate of drug-likeness (QED) is 0.732. The van der Waals surface area contributed by atoms with Crippen molar-refractivity contribution in [3.8, 4) is 11.4 Å². The maximum absolute atomic E-state index is 13.4. The number of carbonyl (C=O) groups excluding carboxylic acids is 1. The van der Waals surface area contributed by atoms with Crippen LogP contribution in [0.2, 0.25) is 5.15 Å². The molecule has 4 rings (SSSR count). The van der Waals surface area contributed by atoms with E-state index in [0.717, 1.165) is 32.5 Å². The summed E-state index contributed by atoms with van der Waals surface area (Å²) in [5, 5.41) is 12.5. The molecule has 8 heteroatoms. The summed E-state index contributed by atoms with van der Waals surface area (Å²) >= 11 is 6.47. The SMILES string of the molecule is Cc1cc(-c2nn(C)c(Cl)c2C(=O)N2CCC3(CC2)CC(NCCC(C)(C)C)C3)no1. The van der Waals surface area contributed by atoms with Crippen LogP contribution in [0.5, 0.6) is 0 Å². The van der Waals surface area contributed by atoms with E-state index in [1.807, 2.05) is 11.8 Å². The standard InChI is InChI=1S/C23H34ClN5O2/c1-15-12-17(27-31-15)19-18(20(24)28(5)26-19)21(30)29-10-7-23(8-11-29)13-16(14-23)25-9-6-22(2,3)4/h12,16,25H,6-11,13-14H2,1-5H3. The van der Waals surface area contributed by atoms with E-state index in [-0.39, 0.29) is 5.91 Å². The van der Waals surface area contributed by atoms with E-state index in [0.29, 0.717) is 44.7 Å². The van der Waals surface area contributed by atoms with Crippen LogP contribution >= 0.6 is 11.6 Å². The van der Waals surface area contributed by atoms with Gasteiger partial charge in [0.1, 0.15) is 27.9 Å². The molecule has 3 heterocycles. The van der Waals surface area contributed by atoms with E-state index < -0.39 is 0 Å². The Hall–Kier alpha value is -1.86. The average Bonchev–Trinajstić information content (AvgIpc) is 3.23. The minimum atomic E-state index is -0.0669. The lowest BCUT2D eigenvalue weighted by Gasteiger charge is -2.52. The van der Waals surface area contributed by atoms with Crippen molar-refractivity contribution >= 4 is 17.5 Å². The zero-order valence-corrected chi connectivity index (χ0v) is 20.1. The zero-order chi connectivity index (χ0) is 22.4. The van der Waals surface area contributed by atoms with Gasteiger partial charge in [-0.2, -0.15) is 5.10 Å². The average molecular weight is 448 g/mol. The smallest absolute Gasteiger partial charge is 0.259 e. The van der Waals surface area contributed by atoms with Gasteiger partial charge in [-0.1, -0.05) is 37.5 Å². The zero-order valence-electron chi connectivity index (χ0n) is 19.3. The first-order valence-corrected chi connectivity index (χ1v) is 11.6. The highest BCUT2D eigenvalue weighted by molar-refractivity contribution is 6.33. The number of likely N-dealkylation sites (tertiary alicyclic amines) is 1. The summed E-state index contributed by atoms with van der Waals surface area (Å²) in [5.74, 6) is 0.605. The van der Waals surface area contributed by atoms with Crippen LogP contribution in [-0.2, 0) is 7.05 Å². The summed E-state index contributed by atoms with van der Waals surface area (Å²) < 4.78 is 6.71. The molecule has 1 aliphatic heterocycles. The Labute approximate surface area is 189 Å². The van der Waals surface area contributed by atoms with Crippen LogP contribution in [0, 0.1) is 17.8 Å². The number of aromatic nitrogens is 3. The molecule has 0 atom stereocenters. The van der Waals surface area contributed by atoms with Crippen LogP contribution in [0.15, 0.2) is 10.6 Å². The number of nitrogens with zero attached hydrogens (tertiary/aromatic N) is 4. The van der Waals surface area contributed by atoms with Gasteiger partial charge in [-0.3, -0.25) is 9.48 Å². The van der Waals surface area contributed by atoms with E-state index in [2.05, 4.69) is 36.3 Å². The van der Waals surface area contributed by atoms with Gasteiger partial charge in [0, 0.05) is 32.2 Å². The number of amides is 1. The van der Waals surface area contributed by atoms with Gasteiger partial charge in [-0.25, -0.2) is 0 Å². The van der Waals surface area contributed by atoms with Gasteiger partial charge in [0.15, 0.2) is 0 Å². The topological polar surface area (TPSA) is 76.2 Å². The van der Waals surface area contributed by atoms with Gasteiger partial charge < -0.3 is 14.7 Å². The molecule has 1 spiro atoms. The molecule has 1 saturated carbocycles. The van der Waals surface area contributed by atoms with E-state index in [9.17, 15) is 4.79 Å². The molecule has 2 fully saturated rings. The number of hydrogen-bond acceptors (Lipinski definition) is 5. The maximum atomic E-state index is 13.4. The van der Waals surface area contributed by atoms with Crippen molar-refractivity contribution < 1.29 is 9.32 Å². The van der Waals surface area contributed by atoms with Crippen molar-refractivity contribution in [1.29, 1.82) is 0 Å². The third kappa shape index (κ3) is 4.67. The van der Waals surface area contributed by atoms with Gasteiger partial charge in [0.2, 0.25) is 0 Å². The lowest BCUT2D eigenvalue weighted by atomic mass is 9.60. The van der Waals surface area contributed by atoms with Crippen molar-refractivity contribution in [3.63, 3.8) is 0 Å². The normalized spacial score (nSPS) is 19.1. The highest BCUT2D eigenvalue weighted by Gasteiger charge is 2.46. The second kappa shape index (κ2) is 8.24. The minimum absolute atomic E-state index is 0.0669. The molecule has 0 bridgehead atoms. The molecule has 1 amide bonds. The number of rotatable bonds is 5. The third-order valence-corrected chi connectivity index (χ3v) is 7.27. The molecule has 0 aromatic carbocycles. The Bertz CT molecular complexity index is 942. The molecule has 1 aliphatic carbocycles. The largest absolute Gasteiger partial charge is 0.361 e. The summed E-state index contributed by atoms with van der Waals surface area (Å²) in [6, 6.07) is 2.40. The van der Waals surface area contributed by atoms with Gasteiger partial charge in [0.05, 0.1) is 0 Å². The molecule has 1 N–H and O–H groups in total. The Morgan fingerprint density at radius 2 is 2.00 bits per heavy atom. The highest BCUT2D eigenvalue weighted by Crippen LogP contribution is 2.49. The third-order valence-electron chi connectivity index (χ3n) is 6.84. The van der Waals surface area contributed by atoms with Crippen LogP contribution in [0.1, 0.15) is 69.0 Å². The molecule has 7 nitrogen and oxygen atoms in total. The summed E-state index contributed by atoms with van der Waals surface area (Å²) in [6.07, 6.45) is 5.73. The fourth-order valence-corrected chi connectivity index (χ4v) is 5.09. The second-order valence-electron chi connectivity index (χ2n) is 10.6. The summed E-state index contributed by atoms with van der Waals surface area (Å²) in [4.78, 5) is 15.3. The molecular weight excluding hydrogens is 414 g/mol. The fraction of sp³-hybridized carbons (Fsp3) is 0.696. The Kier molecular flexibility index (Phi) is 5.94. The molecule has 0 unspecified atom stereocenters. The first-order valence-electron chi connectivity index (χ1n) is 11.3. The van der Waals surface area contributed by atoms with Gasteiger partial charge in [0.25, 0.3) is 5.91 Å². The monoisotopic (exact) mass is 447 g/mol. The fourth-order valence-electron chi connectivity index (χ4n) is 4.88. The Balaban J connectivity index is 1.36. The predicted octanol–water partition coefficient (Wildman–Crippen LogP) is 4.45. The van der Waals surface area contributed by atoms with Crippen LogP contribution in [0.4, 0.5) is 0 Å². The molecule has 2 aromatic rings. The number of carbonyl (C=O) groups is 1.